The smallest absolute Gasteiger partial charge is 0.191 e. The molecule has 0 radical (unpaired) electrons. The summed E-state index contributed by atoms with van der Waals surface area (Å²) in [5.74, 6) is 0.824. The molecule has 0 spiro atoms. The lowest BCUT2D eigenvalue weighted by Crippen LogP contribution is -2.23. The molecule has 2 aromatic carbocycles. The number of rotatable bonds is 5. The summed E-state index contributed by atoms with van der Waals surface area (Å²) in [5.41, 5.74) is 4.10. The summed E-state index contributed by atoms with van der Waals surface area (Å²) in [6, 6.07) is 7.61. The maximum atomic E-state index is 12.9. The number of nitrogens with zero attached hydrogens (tertiary/aromatic N) is 1. The molecule has 0 aliphatic carbocycles. The van der Waals surface area contributed by atoms with E-state index in [1.54, 1.807) is 38.6 Å². The number of ether oxygens (including phenoxy) is 2. The predicted octanol–water partition coefficient (Wildman–Crippen LogP) is 4.69. The van der Waals surface area contributed by atoms with Crippen LogP contribution in [0.25, 0.3) is 0 Å². The second kappa shape index (κ2) is 9.12. The minimum atomic E-state index is -0.314. The Hall–Kier alpha value is -1.71. The van der Waals surface area contributed by atoms with Crippen molar-refractivity contribution in [3.63, 3.8) is 0 Å². The monoisotopic (exact) mass is 489 g/mol. The van der Waals surface area contributed by atoms with Crippen LogP contribution in [0, 0.1) is 5.82 Å². The number of halogens is 3. The zero-order valence-electron chi connectivity index (χ0n) is 13.3. The van der Waals surface area contributed by atoms with Gasteiger partial charge in [0.25, 0.3) is 0 Å². The van der Waals surface area contributed by atoms with Crippen molar-refractivity contribution in [2.24, 2.45) is 5.10 Å². The molecule has 0 aliphatic rings. The molecule has 0 saturated carbocycles. The van der Waals surface area contributed by atoms with Gasteiger partial charge < -0.3 is 14.8 Å². The van der Waals surface area contributed by atoms with Crippen molar-refractivity contribution < 1.29 is 13.9 Å². The lowest BCUT2D eigenvalue weighted by atomic mass is 10.2. The van der Waals surface area contributed by atoms with Crippen LogP contribution in [0.4, 0.5) is 10.1 Å². The molecule has 2 N–H and O–H groups in total. The number of nitrogens with one attached hydrogen (secondary N) is 2. The number of methoxy groups -OCH3 is 2. The summed E-state index contributed by atoms with van der Waals surface area (Å²) < 4.78 is 24.9. The van der Waals surface area contributed by atoms with Crippen LogP contribution in [-0.2, 0) is 0 Å². The van der Waals surface area contributed by atoms with E-state index in [0.29, 0.717) is 21.7 Å². The number of hydrogen-bond donors (Lipinski definition) is 2. The van der Waals surface area contributed by atoms with Gasteiger partial charge in [-0.15, -0.1) is 0 Å². The van der Waals surface area contributed by atoms with Gasteiger partial charge in [0.2, 0.25) is 0 Å². The Kier molecular flexibility index (Phi) is 7.15. The van der Waals surface area contributed by atoms with Crippen molar-refractivity contribution in [1.29, 1.82) is 0 Å². The first-order valence-electron chi connectivity index (χ1n) is 6.92. The van der Waals surface area contributed by atoms with E-state index < -0.39 is 0 Å². The van der Waals surface area contributed by atoms with Gasteiger partial charge in [0, 0.05) is 15.7 Å². The van der Waals surface area contributed by atoms with E-state index in [0.717, 1.165) is 10.0 Å². The van der Waals surface area contributed by atoms with Gasteiger partial charge in [-0.2, -0.15) is 5.10 Å². The van der Waals surface area contributed by atoms with Crippen molar-refractivity contribution >= 4 is 61.1 Å². The van der Waals surface area contributed by atoms with Gasteiger partial charge in [-0.1, -0.05) is 0 Å². The van der Waals surface area contributed by atoms with E-state index in [4.69, 9.17) is 21.7 Å². The first kappa shape index (κ1) is 19.6. The Morgan fingerprint density at radius 2 is 1.84 bits per heavy atom. The van der Waals surface area contributed by atoms with Crippen LogP contribution in [-0.4, -0.2) is 25.5 Å². The third kappa shape index (κ3) is 5.13. The molecule has 0 aromatic heterocycles. The fourth-order valence-corrected chi connectivity index (χ4v) is 3.05. The largest absolute Gasteiger partial charge is 0.493 e. The van der Waals surface area contributed by atoms with E-state index in [-0.39, 0.29) is 10.9 Å². The summed E-state index contributed by atoms with van der Waals surface area (Å²) in [4.78, 5) is 0. The fraction of sp³-hybridized carbons (Fsp3) is 0.125. The molecular formula is C16H14Br2FN3O2S. The van der Waals surface area contributed by atoms with Crippen LogP contribution in [0.15, 0.2) is 44.4 Å². The predicted molar refractivity (Wildman–Crippen MR) is 108 cm³/mol. The summed E-state index contributed by atoms with van der Waals surface area (Å²) >= 11 is 12.1. The van der Waals surface area contributed by atoms with E-state index in [1.807, 2.05) is 0 Å². The minimum absolute atomic E-state index is 0.276. The van der Waals surface area contributed by atoms with Crippen LogP contribution in [0.2, 0.25) is 0 Å². The molecule has 0 aliphatic heterocycles. The van der Waals surface area contributed by atoms with Crippen molar-refractivity contribution in [3.05, 3.63) is 50.7 Å². The minimum Gasteiger partial charge on any atom is -0.493 e. The van der Waals surface area contributed by atoms with Crippen molar-refractivity contribution in [2.75, 3.05) is 19.5 Å². The van der Waals surface area contributed by atoms with Crippen LogP contribution < -0.4 is 20.2 Å². The first-order chi connectivity index (χ1) is 12.0. The highest BCUT2D eigenvalue weighted by Crippen LogP contribution is 2.41. The number of anilines is 1. The molecule has 2 aromatic rings. The second-order valence-electron chi connectivity index (χ2n) is 4.66. The van der Waals surface area contributed by atoms with E-state index >= 15 is 0 Å². The number of hydrogen-bond acceptors (Lipinski definition) is 4. The van der Waals surface area contributed by atoms with Gasteiger partial charge >= 0.3 is 0 Å². The maximum absolute atomic E-state index is 12.9. The molecule has 0 fully saturated rings. The maximum Gasteiger partial charge on any atom is 0.191 e. The van der Waals surface area contributed by atoms with Crippen molar-refractivity contribution in [2.45, 2.75) is 0 Å². The number of hydrazone groups is 1. The quantitative estimate of drug-likeness (QED) is 0.362. The molecule has 0 saturated heterocycles. The van der Waals surface area contributed by atoms with Gasteiger partial charge in [0.1, 0.15) is 5.82 Å². The highest BCUT2D eigenvalue weighted by Gasteiger charge is 2.15. The standard InChI is InChI=1S/C16H14Br2FN3O2S/c1-23-12-7-9(13(17)14(18)15(12)24-2)8-20-22-16(25)21-11-5-3-10(19)4-6-11/h3-8H,1-2H3,(H2,21,22,25)/b20-8+. The second-order valence-corrected chi connectivity index (χ2v) is 6.65. The summed E-state index contributed by atoms with van der Waals surface area (Å²) in [6.07, 6.45) is 1.58. The molecule has 25 heavy (non-hydrogen) atoms. The highest BCUT2D eigenvalue weighted by atomic mass is 79.9. The molecule has 0 atom stereocenters. The lowest BCUT2D eigenvalue weighted by molar-refractivity contribution is 0.353. The van der Waals surface area contributed by atoms with Crippen LogP contribution in [0.5, 0.6) is 11.5 Å². The number of thiocarbonyl (C=S) groups is 1. The average molecular weight is 491 g/mol. The third-order valence-electron chi connectivity index (χ3n) is 3.05. The molecule has 0 unspecified atom stereocenters. The topological polar surface area (TPSA) is 54.9 Å². The first-order valence-corrected chi connectivity index (χ1v) is 8.91. The zero-order chi connectivity index (χ0) is 18.4. The molecule has 5 nitrogen and oxygen atoms in total. The molecule has 132 valence electrons. The van der Waals surface area contributed by atoms with Gasteiger partial charge in [-0.25, -0.2) is 4.39 Å². The molecule has 0 bridgehead atoms. The van der Waals surface area contributed by atoms with E-state index in [9.17, 15) is 4.39 Å². The Balaban J connectivity index is 2.07. The van der Waals surface area contributed by atoms with Gasteiger partial charge in [0.05, 0.1) is 24.9 Å². The zero-order valence-corrected chi connectivity index (χ0v) is 17.3. The van der Waals surface area contributed by atoms with E-state index in [1.165, 1.54) is 12.1 Å². The Bertz CT molecular complexity index is 801. The van der Waals surface area contributed by atoms with Crippen LogP contribution in [0.1, 0.15) is 5.56 Å². The summed E-state index contributed by atoms with van der Waals surface area (Å²) in [6.45, 7) is 0. The molecular weight excluding hydrogens is 477 g/mol. The SMILES string of the molecule is COc1cc(/C=N/NC(=S)Nc2ccc(F)cc2)c(Br)c(Br)c1OC. The summed E-state index contributed by atoms with van der Waals surface area (Å²) in [5, 5.41) is 7.26. The molecule has 2 rings (SSSR count). The molecule has 0 amide bonds. The third-order valence-corrected chi connectivity index (χ3v) is 5.39. The molecule has 9 heteroatoms. The number of benzene rings is 2. The lowest BCUT2D eigenvalue weighted by Gasteiger charge is -2.12. The van der Waals surface area contributed by atoms with E-state index in [2.05, 4.69) is 47.7 Å². The van der Waals surface area contributed by atoms with Gasteiger partial charge in [-0.3, -0.25) is 5.43 Å². The highest BCUT2D eigenvalue weighted by molar-refractivity contribution is 9.13. The van der Waals surface area contributed by atoms with Crippen molar-refractivity contribution in [3.8, 4) is 11.5 Å². The fourth-order valence-electron chi connectivity index (χ4n) is 1.89. The molecule has 0 heterocycles. The van der Waals surface area contributed by atoms with Crippen LogP contribution in [0.3, 0.4) is 0 Å². The summed E-state index contributed by atoms with van der Waals surface area (Å²) in [7, 11) is 3.11. The van der Waals surface area contributed by atoms with Gasteiger partial charge in [-0.05, 0) is 74.4 Å². The van der Waals surface area contributed by atoms with Crippen molar-refractivity contribution in [1.82, 2.24) is 5.43 Å². The average Bonchev–Trinajstić information content (AvgIpc) is 2.60. The normalized spacial score (nSPS) is 10.6. The Morgan fingerprint density at radius 3 is 2.44 bits per heavy atom. The van der Waals surface area contributed by atoms with Gasteiger partial charge in [0.15, 0.2) is 16.6 Å². The Labute approximate surface area is 166 Å². The Morgan fingerprint density at radius 1 is 1.16 bits per heavy atom. The van der Waals surface area contributed by atoms with Crippen LogP contribution >= 0.6 is 44.1 Å².